The van der Waals surface area contributed by atoms with E-state index in [9.17, 15) is 0 Å². The second-order valence-electron chi connectivity index (χ2n) is 1.54. The van der Waals surface area contributed by atoms with E-state index in [2.05, 4.69) is 0 Å². The third-order valence-corrected chi connectivity index (χ3v) is 3.64. The van der Waals surface area contributed by atoms with Crippen molar-refractivity contribution in [1.82, 2.24) is 0 Å². The van der Waals surface area contributed by atoms with Gasteiger partial charge in [0.1, 0.15) is 0 Å². The van der Waals surface area contributed by atoms with Gasteiger partial charge in [-0.1, -0.05) is 0 Å². The fourth-order valence-electron chi connectivity index (χ4n) is 0.273. The van der Waals surface area contributed by atoms with Crippen molar-refractivity contribution in [3.8, 4) is 0 Å². The third kappa shape index (κ3) is 9.73. The number of halogens is 5. The van der Waals surface area contributed by atoms with Crippen LogP contribution in [0, 0.1) is 0 Å². The van der Waals surface area contributed by atoms with Crippen LogP contribution in [0.25, 0.3) is 0 Å². The Morgan fingerprint density at radius 1 is 1.11 bits per heavy atom. The second-order valence-corrected chi connectivity index (χ2v) is 12.1. The van der Waals surface area contributed by atoms with E-state index < -0.39 is 11.5 Å². The predicted molar refractivity (Wildman–Crippen MR) is 50.4 cm³/mol. The topological polar surface area (TPSA) is 0 Å². The van der Waals surface area contributed by atoms with Crippen LogP contribution in [0.1, 0.15) is 0 Å². The van der Waals surface area contributed by atoms with Crippen LogP contribution < -0.4 is 0 Å². The zero-order chi connectivity index (χ0) is 7.49. The monoisotopic (exact) mass is 242 g/mol. The molecule has 0 aliphatic heterocycles. The van der Waals surface area contributed by atoms with Gasteiger partial charge in [0.15, 0.2) is 0 Å². The van der Waals surface area contributed by atoms with E-state index in [1.54, 1.807) is 0 Å². The molecule has 0 aromatic heterocycles. The minimum absolute atomic E-state index is 0.409. The summed E-state index contributed by atoms with van der Waals surface area (Å²) in [4.78, 5) is 0. The molecular formula is C2H4BCl5Si. The Bertz CT molecular complexity index is 79.5. The first-order chi connectivity index (χ1) is 3.92. The first-order valence-electron chi connectivity index (χ1n) is 2.27. The number of hydrogen-bond acceptors (Lipinski definition) is 0. The highest BCUT2D eigenvalue weighted by atomic mass is 35.8. The van der Waals surface area contributed by atoms with Crippen molar-refractivity contribution in [1.29, 1.82) is 0 Å². The van der Waals surface area contributed by atoms with Crippen LogP contribution in [0.15, 0.2) is 0 Å². The number of rotatable bonds is 3. The molecule has 0 aliphatic rings. The first kappa shape index (κ1) is 10.7. The van der Waals surface area contributed by atoms with Gasteiger partial charge in [-0.05, 0) is 12.4 Å². The lowest BCUT2D eigenvalue weighted by Gasteiger charge is -2.04. The summed E-state index contributed by atoms with van der Waals surface area (Å²) in [5, 5.41) is 0. The summed E-state index contributed by atoms with van der Waals surface area (Å²) < 4.78 is 0. The van der Waals surface area contributed by atoms with E-state index >= 15 is 0 Å². The molecule has 0 atom stereocenters. The highest BCUT2D eigenvalue weighted by Crippen LogP contribution is 2.28. The minimum Gasteiger partial charge on any atom is -0.172 e. The van der Waals surface area contributed by atoms with Crippen molar-refractivity contribution >= 4 is 67.7 Å². The van der Waals surface area contributed by atoms with Gasteiger partial charge in [0.25, 0.3) is 0 Å². The molecule has 0 spiro atoms. The van der Waals surface area contributed by atoms with Gasteiger partial charge in [0.2, 0.25) is 0 Å². The van der Waals surface area contributed by atoms with Crippen LogP contribution in [-0.2, 0) is 0 Å². The summed E-state index contributed by atoms with van der Waals surface area (Å²) in [6.07, 6.45) is 0.561. The van der Waals surface area contributed by atoms with Crippen molar-refractivity contribution in [2.75, 3.05) is 0 Å². The summed E-state index contributed by atoms with van der Waals surface area (Å²) in [7, 11) is 0. The van der Waals surface area contributed by atoms with Crippen molar-refractivity contribution in [2.24, 2.45) is 0 Å². The van der Waals surface area contributed by atoms with Crippen molar-refractivity contribution < 1.29 is 0 Å². The van der Waals surface area contributed by atoms with Crippen LogP contribution in [0.4, 0.5) is 0 Å². The van der Waals surface area contributed by atoms with Gasteiger partial charge in [0, 0.05) is 0 Å². The van der Waals surface area contributed by atoms with Crippen LogP contribution >= 0.6 is 56.2 Å². The molecule has 54 valence electrons. The fourth-order valence-corrected chi connectivity index (χ4v) is 2.45. The quantitative estimate of drug-likeness (QED) is 0.525. The Balaban J connectivity index is 3.28. The third-order valence-electron chi connectivity index (χ3n) is 0.646. The van der Waals surface area contributed by atoms with Crippen molar-refractivity contribution in [3.05, 3.63) is 0 Å². The Morgan fingerprint density at radius 3 is 1.67 bits per heavy atom. The molecule has 0 nitrogen and oxygen atoms in total. The largest absolute Gasteiger partial charge is 0.351 e. The molecule has 0 N–H and O–H groups in total. The van der Waals surface area contributed by atoms with Gasteiger partial charge in [-0.25, -0.2) is 0 Å². The standard InChI is InChI=1S/C2H4BCl5Si/c4-3(5)1-2-9(6,7)8/h1-2H2. The van der Waals surface area contributed by atoms with Crippen molar-refractivity contribution in [2.45, 2.75) is 12.4 Å². The summed E-state index contributed by atoms with van der Waals surface area (Å²) in [6.45, 7) is 0. The molecule has 0 unspecified atom stereocenters. The zero-order valence-corrected chi connectivity index (χ0v) is 9.16. The summed E-state index contributed by atoms with van der Waals surface area (Å²) in [5.41, 5.74) is -0.409. The first-order valence-corrected chi connectivity index (χ1v) is 8.38. The average Bonchev–Trinajstić information content (AvgIpc) is 1.59. The van der Waals surface area contributed by atoms with E-state index in [0.717, 1.165) is 0 Å². The van der Waals surface area contributed by atoms with Gasteiger partial charge in [-0.15, -0.1) is 33.2 Å². The average molecular weight is 244 g/mol. The molecule has 0 aromatic rings. The van der Waals surface area contributed by atoms with E-state index in [-0.39, 0.29) is 0 Å². The lowest BCUT2D eigenvalue weighted by atomic mass is 10.0. The smallest absolute Gasteiger partial charge is 0.172 e. The molecule has 0 rings (SSSR count). The molecule has 7 heteroatoms. The molecule has 0 aromatic carbocycles. The maximum Gasteiger partial charge on any atom is 0.351 e. The van der Waals surface area contributed by atoms with Crippen LogP contribution in [0.5, 0.6) is 0 Å². The molecule has 0 saturated heterocycles. The van der Waals surface area contributed by atoms with E-state index in [0.29, 0.717) is 12.4 Å². The van der Waals surface area contributed by atoms with E-state index in [1.807, 2.05) is 0 Å². The summed E-state index contributed by atoms with van der Waals surface area (Å²) in [5.74, 6) is 0. The van der Waals surface area contributed by atoms with Crippen LogP contribution in [0.2, 0.25) is 12.4 Å². The predicted octanol–water partition coefficient (Wildman–Crippen LogP) is 3.61. The van der Waals surface area contributed by atoms with Gasteiger partial charge < -0.3 is 0 Å². The fraction of sp³-hybridized carbons (Fsp3) is 1.00. The molecule has 0 bridgehead atoms. The van der Waals surface area contributed by atoms with Gasteiger partial charge in [0.05, 0.1) is 0 Å². The molecule has 0 fully saturated rings. The summed E-state index contributed by atoms with van der Waals surface area (Å²) >= 11 is 27.4. The molecule has 0 aliphatic carbocycles. The Kier molecular flexibility index (Phi) is 5.46. The van der Waals surface area contributed by atoms with E-state index in [4.69, 9.17) is 56.2 Å². The second kappa shape index (κ2) is 4.58. The number of hydrogen-bond donors (Lipinski definition) is 0. The lowest BCUT2D eigenvalue weighted by Crippen LogP contribution is -2.10. The molecule has 0 radical (unpaired) electrons. The normalized spacial score (nSPS) is 11.7. The Morgan fingerprint density at radius 2 is 1.56 bits per heavy atom. The highest BCUT2D eigenvalue weighted by molar-refractivity contribution is 7.65. The minimum atomic E-state index is -2.47. The lowest BCUT2D eigenvalue weighted by molar-refractivity contribution is 1.43. The summed E-state index contributed by atoms with van der Waals surface area (Å²) in [6, 6.07) is -1.95. The highest BCUT2D eigenvalue weighted by Gasteiger charge is 2.26. The van der Waals surface area contributed by atoms with Gasteiger partial charge in [-0.2, -0.15) is 22.9 Å². The Labute approximate surface area is 79.8 Å². The molecule has 9 heavy (non-hydrogen) atoms. The van der Waals surface area contributed by atoms with Crippen LogP contribution in [0.3, 0.4) is 0 Å². The molecule has 0 saturated carbocycles. The molecule has 0 amide bonds. The molecule has 0 heterocycles. The zero-order valence-electron chi connectivity index (χ0n) is 4.38. The van der Waals surface area contributed by atoms with Gasteiger partial charge >= 0.3 is 11.5 Å². The maximum atomic E-state index is 5.53. The molecular weight excluding hydrogens is 240 g/mol. The SMILES string of the molecule is ClB(Cl)CC[Si](Cl)(Cl)Cl. The van der Waals surface area contributed by atoms with Gasteiger partial charge in [-0.3, -0.25) is 0 Å². The Hall–Kier alpha value is 1.73. The maximum absolute atomic E-state index is 5.53. The van der Waals surface area contributed by atoms with E-state index in [1.165, 1.54) is 0 Å². The van der Waals surface area contributed by atoms with Crippen LogP contribution in [-0.4, -0.2) is 11.5 Å². The van der Waals surface area contributed by atoms with Crippen molar-refractivity contribution in [3.63, 3.8) is 0 Å².